The average molecular weight is 429 g/mol. The van der Waals surface area contributed by atoms with Crippen molar-refractivity contribution in [3.05, 3.63) is 82.0 Å². The fourth-order valence-electron chi connectivity index (χ4n) is 2.77. The van der Waals surface area contributed by atoms with Crippen LogP contribution < -0.4 is 10.6 Å². The Balaban J connectivity index is 1.81. The summed E-state index contributed by atoms with van der Waals surface area (Å²) in [5.74, 6) is -0.823. The number of carbonyl (C=O) groups is 1. The topological polar surface area (TPSA) is 50.4 Å². The van der Waals surface area contributed by atoms with Gasteiger partial charge in [0.2, 0.25) is 0 Å². The van der Waals surface area contributed by atoms with Crippen molar-refractivity contribution in [1.82, 2.24) is 0 Å². The molecule has 0 atom stereocenters. The predicted octanol–water partition coefficient (Wildman–Crippen LogP) is 5.77. The van der Waals surface area contributed by atoms with Crippen molar-refractivity contribution in [3.8, 4) is 0 Å². The molecule has 3 rings (SSSR count). The first-order valence-corrected chi connectivity index (χ1v) is 10.4. The van der Waals surface area contributed by atoms with Crippen LogP contribution in [0.4, 0.5) is 15.1 Å². The number of aryl methyl sites for hydroxylation is 1. The highest BCUT2D eigenvalue weighted by Gasteiger charge is 2.19. The summed E-state index contributed by atoms with van der Waals surface area (Å²) in [6.07, 6.45) is 0.687. The van der Waals surface area contributed by atoms with Crippen molar-refractivity contribution < 1.29 is 13.9 Å². The van der Waals surface area contributed by atoms with E-state index >= 15 is 0 Å². The first-order valence-electron chi connectivity index (χ1n) is 9.14. The Kier molecular flexibility index (Phi) is 6.95. The third-order valence-corrected chi connectivity index (χ3v) is 5.35. The molecule has 3 aromatic rings. The molecule has 0 radical (unpaired) electrons. The first kappa shape index (κ1) is 21.0. The van der Waals surface area contributed by atoms with E-state index in [-0.39, 0.29) is 17.4 Å². The summed E-state index contributed by atoms with van der Waals surface area (Å²) in [6.45, 7) is 3.91. The van der Waals surface area contributed by atoms with Gasteiger partial charge < -0.3 is 15.4 Å². The van der Waals surface area contributed by atoms with Gasteiger partial charge >= 0.3 is 5.97 Å². The van der Waals surface area contributed by atoms with Crippen molar-refractivity contribution in [3.63, 3.8) is 0 Å². The van der Waals surface area contributed by atoms with E-state index in [1.807, 2.05) is 43.3 Å². The lowest BCUT2D eigenvalue weighted by atomic mass is 10.1. The molecule has 0 saturated carbocycles. The Morgan fingerprint density at radius 2 is 1.90 bits per heavy atom. The molecule has 0 saturated heterocycles. The standard InChI is InChI=1S/C22H21FN2O2S2/c1-3-27-21(26)17-13-16(12-15-7-5-4-6-8-15)29-20(17)25-22(28)24-19-11-14(2)9-10-18(19)23/h4-11,13H,3,12H2,1-2H3,(H2,24,25,28). The van der Waals surface area contributed by atoms with Gasteiger partial charge in [-0.2, -0.15) is 0 Å². The van der Waals surface area contributed by atoms with E-state index in [1.165, 1.54) is 17.4 Å². The summed E-state index contributed by atoms with van der Waals surface area (Å²) in [5, 5.41) is 6.65. The van der Waals surface area contributed by atoms with Gasteiger partial charge in [0, 0.05) is 11.3 Å². The molecule has 0 fully saturated rings. The molecule has 7 heteroatoms. The largest absolute Gasteiger partial charge is 0.462 e. The van der Waals surface area contributed by atoms with Gasteiger partial charge in [-0.25, -0.2) is 9.18 Å². The van der Waals surface area contributed by atoms with Crippen LogP contribution in [0, 0.1) is 12.7 Å². The minimum Gasteiger partial charge on any atom is -0.462 e. The van der Waals surface area contributed by atoms with Crippen LogP contribution in [0.2, 0.25) is 0 Å². The van der Waals surface area contributed by atoms with Crippen LogP contribution in [0.25, 0.3) is 0 Å². The molecular weight excluding hydrogens is 407 g/mol. The SMILES string of the molecule is CCOC(=O)c1cc(Cc2ccccc2)sc1NC(=S)Nc1cc(C)ccc1F. The van der Waals surface area contributed by atoms with Crippen LogP contribution in [0.15, 0.2) is 54.6 Å². The number of nitrogens with one attached hydrogen (secondary N) is 2. The molecule has 29 heavy (non-hydrogen) atoms. The molecular formula is C22H21FN2O2S2. The van der Waals surface area contributed by atoms with Crippen molar-refractivity contribution in [2.45, 2.75) is 20.3 Å². The van der Waals surface area contributed by atoms with Gasteiger partial charge in [-0.1, -0.05) is 36.4 Å². The molecule has 0 aliphatic heterocycles. The Bertz CT molecular complexity index is 1020. The van der Waals surface area contributed by atoms with Gasteiger partial charge in [0.05, 0.1) is 17.9 Å². The predicted molar refractivity (Wildman–Crippen MR) is 121 cm³/mol. The quantitative estimate of drug-likeness (QED) is 0.385. The molecule has 0 unspecified atom stereocenters. The molecule has 150 valence electrons. The number of benzene rings is 2. The van der Waals surface area contributed by atoms with Gasteiger partial charge in [-0.15, -0.1) is 11.3 Å². The minimum atomic E-state index is -0.421. The minimum absolute atomic E-state index is 0.202. The van der Waals surface area contributed by atoms with E-state index in [4.69, 9.17) is 17.0 Å². The van der Waals surface area contributed by atoms with Crippen LogP contribution in [-0.2, 0) is 11.2 Å². The van der Waals surface area contributed by atoms with E-state index in [1.54, 1.807) is 19.1 Å². The van der Waals surface area contributed by atoms with Crippen LogP contribution >= 0.6 is 23.6 Å². The van der Waals surface area contributed by atoms with E-state index in [0.29, 0.717) is 17.0 Å². The van der Waals surface area contributed by atoms with E-state index in [0.717, 1.165) is 16.0 Å². The van der Waals surface area contributed by atoms with Gasteiger partial charge in [0.15, 0.2) is 5.11 Å². The van der Waals surface area contributed by atoms with Gasteiger partial charge in [-0.3, -0.25) is 0 Å². The van der Waals surface area contributed by atoms with Gasteiger partial charge in [-0.05, 0) is 55.4 Å². The monoisotopic (exact) mass is 428 g/mol. The van der Waals surface area contributed by atoms with Gasteiger partial charge in [0.1, 0.15) is 10.8 Å². The Morgan fingerprint density at radius 3 is 2.62 bits per heavy atom. The number of thiophene rings is 1. The fourth-order valence-corrected chi connectivity index (χ4v) is 4.13. The third-order valence-electron chi connectivity index (χ3n) is 4.10. The molecule has 0 bridgehead atoms. The van der Waals surface area contributed by atoms with Crippen molar-refractivity contribution in [2.75, 3.05) is 17.2 Å². The number of rotatable bonds is 6. The van der Waals surface area contributed by atoms with E-state index in [9.17, 15) is 9.18 Å². The highest BCUT2D eigenvalue weighted by molar-refractivity contribution is 7.80. The van der Waals surface area contributed by atoms with E-state index < -0.39 is 11.8 Å². The van der Waals surface area contributed by atoms with Crippen LogP contribution in [-0.4, -0.2) is 17.7 Å². The number of carbonyl (C=O) groups excluding carboxylic acids is 1. The molecule has 2 N–H and O–H groups in total. The molecule has 0 aliphatic carbocycles. The second-order valence-corrected chi connectivity index (χ2v) is 7.95. The maximum absolute atomic E-state index is 14.0. The summed E-state index contributed by atoms with van der Waals surface area (Å²) in [7, 11) is 0. The van der Waals surface area contributed by atoms with E-state index in [2.05, 4.69) is 10.6 Å². The average Bonchev–Trinajstić information content (AvgIpc) is 3.08. The first-order chi connectivity index (χ1) is 14.0. The zero-order valence-electron chi connectivity index (χ0n) is 16.1. The summed E-state index contributed by atoms with van der Waals surface area (Å²) in [4.78, 5) is 13.4. The Hall–Kier alpha value is -2.77. The summed E-state index contributed by atoms with van der Waals surface area (Å²) in [6, 6.07) is 16.5. The summed E-state index contributed by atoms with van der Waals surface area (Å²) in [5.41, 5.74) is 2.74. The Morgan fingerprint density at radius 1 is 1.14 bits per heavy atom. The number of thiocarbonyl (C=S) groups is 1. The smallest absolute Gasteiger partial charge is 0.341 e. The molecule has 1 heterocycles. The molecule has 2 aromatic carbocycles. The Labute approximate surface area is 178 Å². The number of esters is 1. The zero-order valence-corrected chi connectivity index (χ0v) is 17.8. The van der Waals surface area contributed by atoms with Crippen molar-refractivity contribution in [2.24, 2.45) is 0 Å². The highest BCUT2D eigenvalue weighted by atomic mass is 32.1. The zero-order chi connectivity index (χ0) is 20.8. The normalized spacial score (nSPS) is 10.4. The van der Waals surface area contributed by atoms with Crippen molar-refractivity contribution >= 4 is 45.3 Å². The number of hydrogen-bond donors (Lipinski definition) is 2. The number of halogens is 1. The molecule has 1 aromatic heterocycles. The maximum Gasteiger partial charge on any atom is 0.341 e. The second-order valence-electron chi connectivity index (χ2n) is 6.40. The molecule has 0 aliphatic rings. The molecule has 0 amide bonds. The lowest BCUT2D eigenvalue weighted by Crippen LogP contribution is -2.20. The maximum atomic E-state index is 14.0. The lowest BCUT2D eigenvalue weighted by Gasteiger charge is -2.12. The molecule has 0 spiro atoms. The van der Waals surface area contributed by atoms with Crippen LogP contribution in [0.1, 0.15) is 33.3 Å². The highest BCUT2D eigenvalue weighted by Crippen LogP contribution is 2.31. The molecule has 4 nitrogen and oxygen atoms in total. The lowest BCUT2D eigenvalue weighted by molar-refractivity contribution is 0.0528. The second kappa shape index (κ2) is 9.62. The third kappa shape index (κ3) is 5.62. The number of ether oxygens (including phenoxy) is 1. The number of anilines is 2. The van der Waals surface area contributed by atoms with Crippen molar-refractivity contribution in [1.29, 1.82) is 0 Å². The fraction of sp³-hybridized carbons (Fsp3) is 0.182. The summed E-state index contributed by atoms with van der Waals surface area (Å²) < 4.78 is 19.2. The van der Waals surface area contributed by atoms with Crippen LogP contribution in [0.5, 0.6) is 0 Å². The van der Waals surface area contributed by atoms with Gasteiger partial charge in [0.25, 0.3) is 0 Å². The van der Waals surface area contributed by atoms with Crippen LogP contribution in [0.3, 0.4) is 0 Å². The summed E-state index contributed by atoms with van der Waals surface area (Å²) >= 11 is 6.76. The number of hydrogen-bond acceptors (Lipinski definition) is 4.